The maximum atomic E-state index is 14.2. The lowest BCUT2D eigenvalue weighted by Gasteiger charge is -2.28. The summed E-state index contributed by atoms with van der Waals surface area (Å²) >= 11 is 0. The van der Waals surface area contributed by atoms with Gasteiger partial charge in [0.1, 0.15) is 16.8 Å². The number of anilines is 2. The molecule has 0 aromatic heterocycles. The largest absolute Gasteiger partial charge is 0.493 e. The molecule has 0 atom stereocenters. The van der Waals surface area contributed by atoms with E-state index in [0.717, 1.165) is 6.07 Å². The fourth-order valence-corrected chi connectivity index (χ4v) is 3.95. The van der Waals surface area contributed by atoms with Crippen molar-refractivity contribution in [3.63, 3.8) is 0 Å². The van der Waals surface area contributed by atoms with Crippen molar-refractivity contribution < 1.29 is 22.3 Å². The van der Waals surface area contributed by atoms with E-state index in [1.54, 1.807) is 24.3 Å². The molecule has 1 heterocycles. The summed E-state index contributed by atoms with van der Waals surface area (Å²) < 4.78 is 49.6. The summed E-state index contributed by atoms with van der Waals surface area (Å²) in [4.78, 5) is 0.365. The molecule has 8 heteroatoms. The van der Waals surface area contributed by atoms with Gasteiger partial charge < -0.3 is 14.4 Å². The molecule has 3 rings (SSSR count). The highest BCUT2D eigenvalue weighted by Crippen LogP contribution is 2.42. The number of nitriles is 1. The first-order valence-electron chi connectivity index (χ1n) is 7.11. The number of rotatable bonds is 3. The molecule has 0 saturated carbocycles. The van der Waals surface area contributed by atoms with Crippen molar-refractivity contribution in [3.05, 3.63) is 53.3 Å². The molecule has 0 amide bonds. The fraction of sp³-hybridized carbons (Fsp3) is 0.118. The number of halogens is 1. The van der Waals surface area contributed by atoms with E-state index in [0.29, 0.717) is 17.2 Å². The molecule has 25 heavy (non-hydrogen) atoms. The lowest BCUT2D eigenvalue weighted by atomic mass is 10.2. The second kappa shape index (κ2) is 6.11. The topological polar surface area (TPSA) is 79.6 Å². The van der Waals surface area contributed by atoms with Crippen LogP contribution < -0.4 is 14.4 Å². The molecule has 0 fully saturated rings. The van der Waals surface area contributed by atoms with Gasteiger partial charge in [0.05, 0.1) is 19.9 Å². The van der Waals surface area contributed by atoms with E-state index in [1.807, 2.05) is 0 Å². The van der Waals surface area contributed by atoms with Crippen LogP contribution in [0, 0.1) is 17.1 Å². The van der Waals surface area contributed by atoms with Crippen molar-refractivity contribution in [2.75, 3.05) is 19.1 Å². The van der Waals surface area contributed by atoms with Crippen LogP contribution in [-0.4, -0.2) is 22.6 Å². The number of sulfone groups is 1. The summed E-state index contributed by atoms with van der Waals surface area (Å²) in [6, 6.07) is 10.4. The van der Waals surface area contributed by atoms with E-state index in [1.165, 1.54) is 37.5 Å². The first kappa shape index (κ1) is 16.8. The molecule has 0 spiro atoms. The molecule has 0 saturated heterocycles. The Morgan fingerprint density at radius 2 is 1.84 bits per heavy atom. The van der Waals surface area contributed by atoms with Gasteiger partial charge in [0.25, 0.3) is 0 Å². The average molecular weight is 360 g/mol. The van der Waals surface area contributed by atoms with Crippen molar-refractivity contribution in [3.8, 4) is 17.6 Å². The summed E-state index contributed by atoms with van der Waals surface area (Å²) in [7, 11) is -1.25. The number of benzene rings is 2. The molecule has 1 aliphatic heterocycles. The Bertz CT molecular complexity index is 1030. The molecule has 2 aromatic rings. The highest BCUT2D eigenvalue weighted by atomic mass is 32.2. The average Bonchev–Trinajstić information content (AvgIpc) is 2.61. The highest BCUT2D eigenvalue weighted by Gasteiger charge is 2.35. The normalized spacial score (nSPS) is 15.0. The molecule has 128 valence electrons. The van der Waals surface area contributed by atoms with Gasteiger partial charge in [0.2, 0.25) is 9.84 Å². The van der Waals surface area contributed by atoms with Gasteiger partial charge in [-0.25, -0.2) is 12.8 Å². The Morgan fingerprint density at radius 1 is 1.12 bits per heavy atom. The van der Waals surface area contributed by atoms with Gasteiger partial charge in [-0.2, -0.15) is 5.26 Å². The lowest BCUT2D eigenvalue weighted by molar-refractivity contribution is 0.355. The van der Waals surface area contributed by atoms with Gasteiger partial charge >= 0.3 is 0 Å². The minimum Gasteiger partial charge on any atom is -0.493 e. The molecule has 0 radical (unpaired) electrons. The molecule has 0 N–H and O–H groups in total. The highest BCUT2D eigenvalue weighted by molar-refractivity contribution is 7.95. The smallest absolute Gasteiger partial charge is 0.223 e. The second-order valence-corrected chi connectivity index (χ2v) is 6.96. The molecular weight excluding hydrogens is 347 g/mol. The zero-order valence-electron chi connectivity index (χ0n) is 13.4. The zero-order valence-corrected chi connectivity index (χ0v) is 14.2. The van der Waals surface area contributed by atoms with Crippen LogP contribution in [0.25, 0.3) is 0 Å². The standard InChI is InChI=1S/C17H13FN2O4S/c1-23-15-7-6-11(8-16(15)24-2)20-10-12(9-19)25(21,22)17-13(18)4-3-5-14(17)20/h3-8,10H,1-2H3. The summed E-state index contributed by atoms with van der Waals surface area (Å²) in [5.41, 5.74) is 0.610. The molecule has 2 aromatic carbocycles. The summed E-state index contributed by atoms with van der Waals surface area (Å²) in [5.74, 6) is -0.0121. The molecular formula is C17H13FN2O4S. The van der Waals surface area contributed by atoms with Gasteiger partial charge in [-0.3, -0.25) is 0 Å². The zero-order chi connectivity index (χ0) is 18.2. The van der Waals surface area contributed by atoms with E-state index in [-0.39, 0.29) is 5.69 Å². The Kier molecular flexibility index (Phi) is 4.10. The monoisotopic (exact) mass is 360 g/mol. The molecule has 0 unspecified atom stereocenters. The molecule has 1 aliphatic rings. The number of allylic oxidation sites excluding steroid dienone is 1. The number of methoxy groups -OCH3 is 2. The quantitative estimate of drug-likeness (QED) is 0.837. The van der Waals surface area contributed by atoms with Gasteiger partial charge in [0, 0.05) is 18.0 Å². The van der Waals surface area contributed by atoms with E-state index >= 15 is 0 Å². The first-order valence-corrected chi connectivity index (χ1v) is 8.59. The van der Waals surface area contributed by atoms with Crippen molar-refractivity contribution in [2.24, 2.45) is 0 Å². The Hall–Kier alpha value is -3.05. The minimum absolute atomic E-state index is 0.117. The predicted molar refractivity (Wildman–Crippen MR) is 89.0 cm³/mol. The van der Waals surface area contributed by atoms with E-state index in [4.69, 9.17) is 9.47 Å². The third-order valence-corrected chi connectivity index (χ3v) is 5.48. The molecule has 0 bridgehead atoms. The number of hydrogen-bond acceptors (Lipinski definition) is 6. The van der Waals surface area contributed by atoms with Crippen LogP contribution in [0.4, 0.5) is 15.8 Å². The van der Waals surface area contributed by atoms with Crippen LogP contribution in [0.3, 0.4) is 0 Å². The summed E-state index contributed by atoms with van der Waals surface area (Å²) in [6.07, 6.45) is 1.17. The number of fused-ring (bicyclic) bond motifs is 1. The predicted octanol–water partition coefficient (Wildman–Crippen LogP) is 3.13. The number of hydrogen-bond donors (Lipinski definition) is 0. The van der Waals surface area contributed by atoms with Crippen LogP contribution in [-0.2, 0) is 9.84 Å². The Labute approximate surface area is 144 Å². The Balaban J connectivity index is 2.28. The van der Waals surface area contributed by atoms with E-state index < -0.39 is 25.5 Å². The fourth-order valence-electron chi connectivity index (χ4n) is 2.60. The van der Waals surface area contributed by atoms with Crippen LogP contribution in [0.15, 0.2) is 52.4 Å². The molecule has 6 nitrogen and oxygen atoms in total. The van der Waals surface area contributed by atoms with Crippen molar-refractivity contribution in [1.82, 2.24) is 0 Å². The maximum absolute atomic E-state index is 14.2. The minimum atomic E-state index is -4.21. The van der Waals surface area contributed by atoms with Gasteiger partial charge in [0.15, 0.2) is 16.4 Å². The maximum Gasteiger partial charge on any atom is 0.223 e. The van der Waals surface area contributed by atoms with Crippen LogP contribution in [0.5, 0.6) is 11.5 Å². The van der Waals surface area contributed by atoms with E-state index in [9.17, 15) is 18.1 Å². The number of nitrogens with zero attached hydrogens (tertiary/aromatic N) is 2. The van der Waals surface area contributed by atoms with E-state index in [2.05, 4.69) is 0 Å². The number of ether oxygens (including phenoxy) is 2. The van der Waals surface area contributed by atoms with Gasteiger partial charge in [-0.05, 0) is 24.3 Å². The third-order valence-electron chi connectivity index (χ3n) is 3.77. The van der Waals surface area contributed by atoms with Crippen molar-refractivity contribution >= 4 is 21.2 Å². The Morgan fingerprint density at radius 3 is 2.48 bits per heavy atom. The SMILES string of the molecule is COc1ccc(N2C=C(C#N)S(=O)(=O)c3c(F)cccc32)cc1OC. The summed E-state index contributed by atoms with van der Waals surface area (Å²) in [6.45, 7) is 0. The van der Waals surface area contributed by atoms with Gasteiger partial charge in [-0.1, -0.05) is 6.07 Å². The van der Waals surface area contributed by atoms with Gasteiger partial charge in [-0.15, -0.1) is 0 Å². The van der Waals surface area contributed by atoms with Crippen LogP contribution in [0.2, 0.25) is 0 Å². The van der Waals surface area contributed by atoms with Crippen molar-refractivity contribution in [1.29, 1.82) is 5.26 Å². The second-order valence-electron chi connectivity index (χ2n) is 5.11. The van der Waals surface area contributed by atoms with Crippen LogP contribution >= 0.6 is 0 Å². The third kappa shape index (κ3) is 2.58. The lowest BCUT2D eigenvalue weighted by Crippen LogP contribution is -2.22. The van der Waals surface area contributed by atoms with Crippen LogP contribution in [0.1, 0.15) is 0 Å². The summed E-state index contributed by atoms with van der Waals surface area (Å²) in [5, 5.41) is 9.20. The first-order chi connectivity index (χ1) is 11.9. The molecule has 0 aliphatic carbocycles. The van der Waals surface area contributed by atoms with Crippen molar-refractivity contribution in [2.45, 2.75) is 4.90 Å².